The molecule has 0 aliphatic rings. The summed E-state index contributed by atoms with van der Waals surface area (Å²) in [6.45, 7) is -2.59. The number of hydrogen-bond donors (Lipinski definition) is 0. The van der Waals surface area contributed by atoms with Crippen LogP contribution in [0.3, 0.4) is 0 Å². The Kier molecular flexibility index (Phi) is 3.22. The number of rotatable bonds is 4. The molecular formula is C11H9F2NO3. The molecule has 1 heterocycles. The summed E-state index contributed by atoms with van der Waals surface area (Å²) in [6, 6.07) is 7.30. The lowest BCUT2D eigenvalue weighted by Gasteiger charge is -2.05. The Labute approximate surface area is 95.0 Å². The van der Waals surface area contributed by atoms with Gasteiger partial charge in [0.25, 0.3) is 5.56 Å². The highest BCUT2D eigenvalue weighted by Gasteiger charge is 2.04. The minimum absolute atomic E-state index is 0.0792. The maximum atomic E-state index is 11.9. The van der Waals surface area contributed by atoms with Crippen molar-refractivity contribution in [2.75, 3.05) is 0 Å². The van der Waals surface area contributed by atoms with E-state index in [1.807, 2.05) is 0 Å². The van der Waals surface area contributed by atoms with Crippen LogP contribution in [0.2, 0.25) is 0 Å². The Morgan fingerprint density at radius 2 is 1.94 bits per heavy atom. The molecule has 4 nitrogen and oxygen atoms in total. The van der Waals surface area contributed by atoms with Gasteiger partial charge in [-0.2, -0.15) is 13.5 Å². The molecule has 0 N–H and O–H groups in total. The summed E-state index contributed by atoms with van der Waals surface area (Å²) in [5.74, 6) is 0.0792. The predicted molar refractivity (Wildman–Crippen MR) is 55.1 cm³/mol. The van der Waals surface area contributed by atoms with Gasteiger partial charge in [0.1, 0.15) is 12.0 Å². The standard InChI is InChI=1S/C11H9F2NO3/c12-11(13)17-9-3-1-8(2-4-9)7-14-10(15)5-6-16-14/h1-6,11H,7H2. The molecule has 0 saturated heterocycles. The van der Waals surface area contributed by atoms with Crippen LogP contribution < -0.4 is 10.3 Å². The zero-order chi connectivity index (χ0) is 12.3. The van der Waals surface area contributed by atoms with Crippen LogP contribution >= 0.6 is 0 Å². The summed E-state index contributed by atoms with van der Waals surface area (Å²) in [4.78, 5) is 11.2. The van der Waals surface area contributed by atoms with Crippen molar-refractivity contribution in [3.63, 3.8) is 0 Å². The van der Waals surface area contributed by atoms with Crippen LogP contribution in [0.4, 0.5) is 8.78 Å². The van der Waals surface area contributed by atoms with Crippen molar-refractivity contribution in [2.45, 2.75) is 13.2 Å². The Bertz CT molecular complexity index is 530. The van der Waals surface area contributed by atoms with Gasteiger partial charge in [0.05, 0.1) is 6.54 Å². The minimum Gasteiger partial charge on any atom is -0.435 e. The molecule has 0 unspecified atom stereocenters. The summed E-state index contributed by atoms with van der Waals surface area (Å²) in [5.41, 5.74) is 0.501. The highest BCUT2D eigenvalue weighted by molar-refractivity contribution is 5.27. The van der Waals surface area contributed by atoms with E-state index in [-0.39, 0.29) is 17.9 Å². The molecular weight excluding hydrogens is 232 g/mol. The van der Waals surface area contributed by atoms with Gasteiger partial charge in [-0.05, 0) is 17.7 Å². The van der Waals surface area contributed by atoms with Crippen molar-refractivity contribution in [2.24, 2.45) is 0 Å². The molecule has 0 amide bonds. The van der Waals surface area contributed by atoms with Crippen molar-refractivity contribution < 1.29 is 18.0 Å². The average molecular weight is 241 g/mol. The summed E-state index contributed by atoms with van der Waals surface area (Å²) >= 11 is 0. The average Bonchev–Trinajstić information content (AvgIpc) is 2.67. The molecule has 0 bridgehead atoms. The minimum atomic E-state index is -2.84. The fraction of sp³-hybridized carbons (Fsp3) is 0.182. The van der Waals surface area contributed by atoms with E-state index in [2.05, 4.69) is 4.74 Å². The maximum Gasteiger partial charge on any atom is 0.387 e. The quantitative estimate of drug-likeness (QED) is 0.823. The monoisotopic (exact) mass is 241 g/mol. The number of hydrogen-bond acceptors (Lipinski definition) is 3. The SMILES string of the molecule is O=c1ccon1Cc1ccc(OC(F)F)cc1. The zero-order valence-electron chi connectivity index (χ0n) is 8.68. The van der Waals surface area contributed by atoms with Gasteiger partial charge >= 0.3 is 6.61 Å². The van der Waals surface area contributed by atoms with E-state index >= 15 is 0 Å². The molecule has 0 fully saturated rings. The molecule has 90 valence electrons. The van der Waals surface area contributed by atoms with Crippen LogP contribution in [0.25, 0.3) is 0 Å². The zero-order valence-corrected chi connectivity index (χ0v) is 8.68. The summed E-state index contributed by atoms with van der Waals surface area (Å²) < 4.78 is 34.1. The first-order chi connectivity index (χ1) is 8.15. The van der Waals surface area contributed by atoms with Crippen molar-refractivity contribution in [3.8, 4) is 5.75 Å². The van der Waals surface area contributed by atoms with Gasteiger partial charge in [-0.15, -0.1) is 0 Å². The van der Waals surface area contributed by atoms with Gasteiger partial charge in [0.2, 0.25) is 0 Å². The molecule has 0 aliphatic carbocycles. The van der Waals surface area contributed by atoms with Gasteiger partial charge in [-0.3, -0.25) is 4.79 Å². The third-order valence-electron chi connectivity index (χ3n) is 2.12. The van der Waals surface area contributed by atoms with Gasteiger partial charge in [-0.1, -0.05) is 12.1 Å². The number of nitrogens with zero attached hydrogens (tertiary/aromatic N) is 1. The second-order valence-electron chi connectivity index (χ2n) is 3.31. The Morgan fingerprint density at radius 1 is 1.24 bits per heavy atom. The predicted octanol–water partition coefficient (Wildman–Crippen LogP) is 2.09. The lowest BCUT2D eigenvalue weighted by molar-refractivity contribution is -0.0498. The number of alkyl halides is 2. The fourth-order valence-electron chi connectivity index (χ4n) is 1.35. The van der Waals surface area contributed by atoms with Crippen molar-refractivity contribution >= 4 is 0 Å². The largest absolute Gasteiger partial charge is 0.435 e. The Hall–Kier alpha value is -2.11. The maximum absolute atomic E-state index is 11.9. The molecule has 2 aromatic rings. The van der Waals surface area contributed by atoms with Gasteiger partial charge in [-0.25, -0.2) is 0 Å². The van der Waals surface area contributed by atoms with Crippen LogP contribution in [0.5, 0.6) is 5.75 Å². The van der Waals surface area contributed by atoms with E-state index in [1.54, 1.807) is 12.1 Å². The van der Waals surface area contributed by atoms with E-state index in [1.165, 1.54) is 24.5 Å². The summed E-state index contributed by atoms with van der Waals surface area (Å²) in [7, 11) is 0. The van der Waals surface area contributed by atoms with Gasteiger partial charge in [0, 0.05) is 6.07 Å². The topological polar surface area (TPSA) is 44.4 Å². The van der Waals surface area contributed by atoms with Crippen molar-refractivity contribution in [3.05, 3.63) is 52.5 Å². The second kappa shape index (κ2) is 4.82. The number of aromatic nitrogens is 1. The molecule has 0 radical (unpaired) electrons. The first-order valence-electron chi connectivity index (χ1n) is 4.84. The molecule has 17 heavy (non-hydrogen) atoms. The fourth-order valence-corrected chi connectivity index (χ4v) is 1.35. The summed E-state index contributed by atoms with van der Waals surface area (Å²) in [6.07, 6.45) is 1.29. The van der Waals surface area contributed by atoms with Crippen LogP contribution in [0, 0.1) is 0 Å². The van der Waals surface area contributed by atoms with E-state index in [4.69, 9.17) is 4.52 Å². The first-order valence-corrected chi connectivity index (χ1v) is 4.84. The molecule has 0 aliphatic heterocycles. The lowest BCUT2D eigenvalue weighted by Crippen LogP contribution is -2.13. The smallest absolute Gasteiger partial charge is 0.387 e. The highest BCUT2D eigenvalue weighted by Crippen LogP contribution is 2.15. The van der Waals surface area contributed by atoms with Crippen LogP contribution in [-0.4, -0.2) is 11.4 Å². The van der Waals surface area contributed by atoms with E-state index in [9.17, 15) is 13.6 Å². The lowest BCUT2D eigenvalue weighted by atomic mass is 10.2. The van der Waals surface area contributed by atoms with E-state index in [0.717, 1.165) is 10.3 Å². The number of halogens is 2. The third-order valence-corrected chi connectivity index (χ3v) is 2.12. The van der Waals surface area contributed by atoms with Crippen LogP contribution in [0.1, 0.15) is 5.56 Å². The van der Waals surface area contributed by atoms with E-state index < -0.39 is 6.61 Å². The Morgan fingerprint density at radius 3 is 2.47 bits per heavy atom. The van der Waals surface area contributed by atoms with Gasteiger partial charge < -0.3 is 9.26 Å². The highest BCUT2D eigenvalue weighted by atomic mass is 19.3. The molecule has 0 spiro atoms. The van der Waals surface area contributed by atoms with Crippen molar-refractivity contribution in [1.82, 2.24) is 4.74 Å². The first kappa shape index (κ1) is 11.4. The molecule has 1 aromatic heterocycles. The Balaban J connectivity index is 2.08. The summed E-state index contributed by atoms with van der Waals surface area (Å²) in [5, 5.41) is 0. The van der Waals surface area contributed by atoms with E-state index in [0.29, 0.717) is 0 Å². The number of benzene rings is 1. The third kappa shape index (κ3) is 2.93. The normalized spacial score (nSPS) is 10.8. The van der Waals surface area contributed by atoms with Crippen LogP contribution in [-0.2, 0) is 6.54 Å². The molecule has 2 rings (SSSR count). The van der Waals surface area contributed by atoms with Crippen LogP contribution in [0.15, 0.2) is 45.9 Å². The van der Waals surface area contributed by atoms with Crippen molar-refractivity contribution in [1.29, 1.82) is 0 Å². The second-order valence-corrected chi connectivity index (χ2v) is 3.31. The number of ether oxygens (including phenoxy) is 1. The van der Waals surface area contributed by atoms with Gasteiger partial charge in [0.15, 0.2) is 0 Å². The molecule has 1 aromatic carbocycles. The molecule has 0 saturated carbocycles. The molecule has 0 atom stereocenters. The molecule has 6 heteroatoms.